The minimum Gasteiger partial charge on any atom is -0.379 e. The molecule has 0 radical (unpaired) electrons. The lowest BCUT2D eigenvalue weighted by Crippen LogP contribution is -2.33. The predicted molar refractivity (Wildman–Crippen MR) is 102 cm³/mol. The molecule has 0 aliphatic carbocycles. The Labute approximate surface area is 152 Å². The molecule has 0 aliphatic heterocycles. The molecule has 7 nitrogen and oxygen atoms in total. The number of rotatable bonds is 9. The second-order valence-electron chi connectivity index (χ2n) is 6.30. The van der Waals surface area contributed by atoms with Crippen LogP contribution in [0.3, 0.4) is 0 Å². The lowest BCUT2D eigenvalue weighted by atomic mass is 9.94. The molecule has 2 aromatic rings. The zero-order valence-corrected chi connectivity index (χ0v) is 16.9. The van der Waals surface area contributed by atoms with Gasteiger partial charge in [-0.25, -0.2) is 4.67 Å². The van der Waals surface area contributed by atoms with E-state index in [1.54, 1.807) is 0 Å². The summed E-state index contributed by atoms with van der Waals surface area (Å²) in [5.74, 6) is 0.233. The zero-order chi connectivity index (χ0) is 18.4. The van der Waals surface area contributed by atoms with Crippen LogP contribution in [0.5, 0.6) is 0 Å². The van der Waals surface area contributed by atoms with Gasteiger partial charge in [0.1, 0.15) is 8.37 Å². The quantitative estimate of drug-likeness (QED) is 0.503. The molecule has 138 valence electrons. The van der Waals surface area contributed by atoms with E-state index in [9.17, 15) is 0 Å². The summed E-state index contributed by atoms with van der Waals surface area (Å²) in [5, 5.41) is 8.44. The number of nitrogens with zero attached hydrogens (tertiary/aromatic N) is 6. The molecule has 1 atom stereocenters. The Morgan fingerprint density at radius 2 is 1.72 bits per heavy atom. The number of benzene rings is 1. The van der Waals surface area contributed by atoms with Crippen molar-refractivity contribution in [1.29, 1.82) is 0 Å². The number of aromatic nitrogens is 3. The Kier molecular flexibility index (Phi) is 7.32. The normalized spacial score (nSPS) is 13.2. The van der Waals surface area contributed by atoms with Crippen molar-refractivity contribution >= 4 is 8.37 Å². The van der Waals surface area contributed by atoms with E-state index in [2.05, 4.69) is 83.7 Å². The van der Waals surface area contributed by atoms with E-state index in [4.69, 9.17) is 4.84 Å². The van der Waals surface area contributed by atoms with Gasteiger partial charge in [-0.2, -0.15) is 0 Å². The van der Waals surface area contributed by atoms with Gasteiger partial charge in [-0.3, -0.25) is 9.34 Å². The molecule has 0 bridgehead atoms. The highest BCUT2D eigenvalue weighted by Crippen LogP contribution is 2.42. The van der Waals surface area contributed by atoms with Crippen LogP contribution in [0.4, 0.5) is 0 Å². The monoisotopic (exact) mass is 364 g/mol. The van der Waals surface area contributed by atoms with E-state index >= 15 is 0 Å². The van der Waals surface area contributed by atoms with Crippen LogP contribution in [0.2, 0.25) is 0 Å². The Hall–Kier alpha value is -1.53. The topological polar surface area (TPSA) is 49.7 Å². The van der Waals surface area contributed by atoms with Crippen LogP contribution in [-0.2, 0) is 0 Å². The summed E-state index contributed by atoms with van der Waals surface area (Å²) in [6.07, 6.45) is 2.85. The summed E-state index contributed by atoms with van der Waals surface area (Å²) in [4.78, 5) is 7.26. The van der Waals surface area contributed by atoms with Gasteiger partial charge in [-0.1, -0.05) is 42.1 Å². The fourth-order valence-corrected chi connectivity index (χ4v) is 5.04. The van der Waals surface area contributed by atoms with Crippen LogP contribution >= 0.6 is 8.37 Å². The van der Waals surface area contributed by atoms with E-state index in [1.807, 2.05) is 19.3 Å². The minimum absolute atomic E-state index is 0.233. The van der Waals surface area contributed by atoms with Gasteiger partial charge < -0.3 is 4.84 Å². The molecule has 1 aromatic carbocycles. The van der Waals surface area contributed by atoms with Crippen molar-refractivity contribution in [3.05, 3.63) is 47.8 Å². The van der Waals surface area contributed by atoms with Crippen molar-refractivity contribution in [3.8, 4) is 0 Å². The SMILES string of the molecule is CCC(c1ccccc1)c1cn(OCN(C)P(N(C)C)N(C)C)nn1. The lowest BCUT2D eigenvalue weighted by Gasteiger charge is -2.36. The summed E-state index contributed by atoms with van der Waals surface area (Å²) < 4.78 is 6.53. The van der Waals surface area contributed by atoms with Crippen LogP contribution < -0.4 is 4.84 Å². The number of hydrogen-bond acceptors (Lipinski definition) is 6. The molecule has 0 amide bonds. The molecule has 25 heavy (non-hydrogen) atoms. The van der Waals surface area contributed by atoms with Gasteiger partial charge >= 0.3 is 0 Å². The van der Waals surface area contributed by atoms with Crippen molar-refractivity contribution in [2.75, 3.05) is 42.0 Å². The lowest BCUT2D eigenvalue weighted by molar-refractivity contribution is 0.0361. The molecule has 0 N–H and O–H groups in total. The highest BCUT2D eigenvalue weighted by atomic mass is 31.2. The van der Waals surface area contributed by atoms with Gasteiger partial charge in [0.2, 0.25) is 0 Å². The summed E-state index contributed by atoms with van der Waals surface area (Å²) >= 11 is 0. The molecular formula is C17H29N6OP. The third-order valence-corrected chi connectivity index (χ3v) is 6.01. The summed E-state index contributed by atoms with van der Waals surface area (Å²) in [6.45, 7) is 2.60. The third-order valence-electron chi connectivity index (χ3n) is 3.86. The fourth-order valence-electron chi connectivity index (χ4n) is 2.95. The second kappa shape index (κ2) is 9.25. The van der Waals surface area contributed by atoms with Gasteiger partial charge in [0.25, 0.3) is 0 Å². The fraction of sp³-hybridized carbons (Fsp3) is 0.529. The molecule has 8 heteroatoms. The van der Waals surface area contributed by atoms with E-state index in [-0.39, 0.29) is 5.92 Å². The Morgan fingerprint density at radius 3 is 2.28 bits per heavy atom. The zero-order valence-electron chi connectivity index (χ0n) is 16.0. The van der Waals surface area contributed by atoms with Crippen molar-refractivity contribution in [3.63, 3.8) is 0 Å². The molecular weight excluding hydrogens is 335 g/mol. The summed E-state index contributed by atoms with van der Waals surface area (Å²) in [7, 11) is 9.76. The minimum atomic E-state index is -0.568. The van der Waals surface area contributed by atoms with Gasteiger partial charge in [0.05, 0.1) is 11.9 Å². The van der Waals surface area contributed by atoms with Crippen molar-refractivity contribution < 1.29 is 4.84 Å². The maximum atomic E-state index is 5.79. The van der Waals surface area contributed by atoms with Gasteiger partial charge in [0.15, 0.2) is 6.73 Å². The molecule has 0 aliphatic rings. The smallest absolute Gasteiger partial charge is 0.175 e. The van der Waals surface area contributed by atoms with Crippen LogP contribution in [0.15, 0.2) is 36.5 Å². The third kappa shape index (κ3) is 5.22. The largest absolute Gasteiger partial charge is 0.379 e. The predicted octanol–water partition coefficient (Wildman–Crippen LogP) is 2.49. The van der Waals surface area contributed by atoms with Crippen LogP contribution in [0.1, 0.15) is 30.5 Å². The molecule has 1 unspecified atom stereocenters. The average molecular weight is 364 g/mol. The second-order valence-corrected chi connectivity index (χ2v) is 9.12. The van der Waals surface area contributed by atoms with E-state index in [0.29, 0.717) is 6.73 Å². The Balaban J connectivity index is 2.01. The molecule has 1 aromatic heterocycles. The van der Waals surface area contributed by atoms with E-state index < -0.39 is 8.37 Å². The highest BCUT2D eigenvalue weighted by molar-refractivity contribution is 7.49. The standard InChI is InChI=1S/C17H29N6OP/c1-7-16(15-11-9-8-10-12-15)17-13-23(19-18-17)24-14-22(6)25(20(2)3)21(4)5/h8-13,16H,7,14H2,1-6H3. The first kappa shape index (κ1) is 19.8. The highest BCUT2D eigenvalue weighted by Gasteiger charge is 2.21. The first-order chi connectivity index (χ1) is 11.9. The van der Waals surface area contributed by atoms with Crippen molar-refractivity contribution in [1.82, 2.24) is 29.2 Å². The molecule has 0 spiro atoms. The molecule has 0 fully saturated rings. The molecule has 0 saturated carbocycles. The van der Waals surface area contributed by atoms with Crippen molar-refractivity contribution in [2.45, 2.75) is 19.3 Å². The Bertz CT molecular complexity index is 625. The first-order valence-corrected chi connectivity index (χ1v) is 9.60. The van der Waals surface area contributed by atoms with Gasteiger partial charge in [-0.15, -0.1) is 5.10 Å². The van der Waals surface area contributed by atoms with E-state index in [1.165, 1.54) is 10.4 Å². The average Bonchev–Trinajstić information content (AvgIpc) is 3.02. The van der Waals surface area contributed by atoms with Crippen LogP contribution in [0, 0.1) is 0 Å². The van der Waals surface area contributed by atoms with Crippen LogP contribution in [0.25, 0.3) is 0 Å². The first-order valence-electron chi connectivity index (χ1n) is 8.40. The Morgan fingerprint density at radius 1 is 1.08 bits per heavy atom. The van der Waals surface area contributed by atoms with Gasteiger partial charge in [0, 0.05) is 5.92 Å². The number of hydrogen-bond donors (Lipinski definition) is 0. The maximum Gasteiger partial charge on any atom is 0.175 e. The molecule has 1 heterocycles. The summed E-state index contributed by atoms with van der Waals surface area (Å²) in [6, 6.07) is 10.4. The molecule has 2 rings (SSSR count). The van der Waals surface area contributed by atoms with Crippen molar-refractivity contribution in [2.24, 2.45) is 0 Å². The summed E-state index contributed by atoms with van der Waals surface area (Å²) in [5.41, 5.74) is 2.18. The molecule has 0 saturated heterocycles. The van der Waals surface area contributed by atoms with Gasteiger partial charge in [-0.05, 0) is 52.4 Å². The maximum absolute atomic E-state index is 5.79. The van der Waals surface area contributed by atoms with E-state index in [0.717, 1.165) is 12.1 Å². The van der Waals surface area contributed by atoms with Crippen LogP contribution in [-0.4, -0.2) is 71.1 Å².